The molecule has 2 aliphatic heterocycles. The molecule has 2 aliphatic rings. The van der Waals surface area contributed by atoms with Crippen LogP contribution in [0.25, 0.3) is 0 Å². The maximum atomic E-state index is 12.4. The average molecular weight is 276 g/mol. The molecule has 1 amide bonds. The van der Waals surface area contributed by atoms with Crippen molar-refractivity contribution in [3.8, 4) is 5.75 Å². The Balaban J connectivity index is 1.74. The van der Waals surface area contributed by atoms with E-state index in [9.17, 15) is 9.59 Å². The van der Waals surface area contributed by atoms with E-state index in [0.717, 1.165) is 12.1 Å². The number of para-hydroxylation sites is 2. The molecule has 106 valence electrons. The molecule has 1 saturated heterocycles. The molecule has 6 heteroatoms. The highest BCUT2D eigenvalue weighted by molar-refractivity contribution is 5.88. The fourth-order valence-corrected chi connectivity index (χ4v) is 2.72. The highest BCUT2D eigenvalue weighted by Gasteiger charge is 2.38. The lowest BCUT2D eigenvalue weighted by Crippen LogP contribution is -2.50. The fraction of sp³-hybridized carbons (Fsp3) is 0.429. The Morgan fingerprint density at radius 3 is 2.95 bits per heavy atom. The van der Waals surface area contributed by atoms with Crippen LogP contribution >= 0.6 is 0 Å². The van der Waals surface area contributed by atoms with Crippen molar-refractivity contribution in [3.63, 3.8) is 0 Å². The standard InChI is InChI=1S/C14H16N2O4/c17-13(16-7-3-5-10(16)14(18)19)12-8-15-9-4-1-2-6-11(9)20-12/h1-2,4,6,10,12,15H,3,5,7-8H2,(H,18,19)/t10-,12?/m1/s1. The predicted octanol–water partition coefficient (Wildman–Crippen LogP) is 0.935. The molecule has 2 atom stereocenters. The number of rotatable bonds is 2. The molecule has 0 saturated carbocycles. The number of hydrogen-bond donors (Lipinski definition) is 2. The van der Waals surface area contributed by atoms with Gasteiger partial charge >= 0.3 is 5.97 Å². The summed E-state index contributed by atoms with van der Waals surface area (Å²) in [4.78, 5) is 25.0. The van der Waals surface area contributed by atoms with Crippen molar-refractivity contribution >= 4 is 17.6 Å². The first-order chi connectivity index (χ1) is 9.66. The van der Waals surface area contributed by atoms with E-state index in [2.05, 4.69) is 5.32 Å². The van der Waals surface area contributed by atoms with Crippen LogP contribution in [0.1, 0.15) is 12.8 Å². The number of benzene rings is 1. The number of likely N-dealkylation sites (tertiary alicyclic amines) is 1. The van der Waals surface area contributed by atoms with E-state index >= 15 is 0 Å². The second kappa shape index (κ2) is 5.03. The molecule has 0 radical (unpaired) electrons. The quantitative estimate of drug-likeness (QED) is 0.840. The van der Waals surface area contributed by atoms with Crippen LogP contribution in [-0.2, 0) is 9.59 Å². The average Bonchev–Trinajstić information content (AvgIpc) is 2.95. The van der Waals surface area contributed by atoms with E-state index in [1.807, 2.05) is 18.2 Å². The summed E-state index contributed by atoms with van der Waals surface area (Å²) < 4.78 is 5.69. The molecule has 2 N–H and O–H groups in total. The third-order valence-electron chi connectivity index (χ3n) is 3.73. The van der Waals surface area contributed by atoms with Gasteiger partial charge in [-0.25, -0.2) is 4.79 Å². The summed E-state index contributed by atoms with van der Waals surface area (Å²) in [5.74, 6) is -0.569. The first kappa shape index (κ1) is 12.8. The number of carbonyl (C=O) groups is 2. The number of ether oxygens (including phenoxy) is 1. The summed E-state index contributed by atoms with van der Waals surface area (Å²) in [6, 6.07) is 6.68. The van der Waals surface area contributed by atoms with Crippen molar-refractivity contribution in [2.24, 2.45) is 0 Å². The number of nitrogens with one attached hydrogen (secondary N) is 1. The molecule has 1 unspecified atom stereocenters. The Morgan fingerprint density at radius 2 is 2.15 bits per heavy atom. The van der Waals surface area contributed by atoms with E-state index in [1.165, 1.54) is 4.90 Å². The zero-order valence-electron chi connectivity index (χ0n) is 10.9. The lowest BCUT2D eigenvalue weighted by atomic mass is 10.2. The summed E-state index contributed by atoms with van der Waals surface area (Å²) in [7, 11) is 0. The van der Waals surface area contributed by atoms with Gasteiger partial charge in [-0.05, 0) is 25.0 Å². The van der Waals surface area contributed by atoms with Gasteiger partial charge in [0.2, 0.25) is 0 Å². The molecule has 0 bridgehead atoms. The number of aliphatic carboxylic acids is 1. The molecule has 3 rings (SSSR count). The van der Waals surface area contributed by atoms with E-state index in [-0.39, 0.29) is 5.91 Å². The molecular weight excluding hydrogens is 260 g/mol. The molecule has 0 aromatic heterocycles. The van der Waals surface area contributed by atoms with Crippen molar-refractivity contribution in [2.75, 3.05) is 18.4 Å². The van der Waals surface area contributed by atoms with Crippen LogP contribution in [0.4, 0.5) is 5.69 Å². The van der Waals surface area contributed by atoms with Gasteiger partial charge in [-0.1, -0.05) is 12.1 Å². The van der Waals surface area contributed by atoms with Crippen molar-refractivity contribution < 1.29 is 19.4 Å². The lowest BCUT2D eigenvalue weighted by Gasteiger charge is -2.31. The van der Waals surface area contributed by atoms with Gasteiger partial charge in [0.05, 0.1) is 12.2 Å². The van der Waals surface area contributed by atoms with Gasteiger partial charge in [-0.3, -0.25) is 4.79 Å². The third kappa shape index (κ3) is 2.17. The molecule has 1 aromatic carbocycles. The highest BCUT2D eigenvalue weighted by atomic mass is 16.5. The number of fused-ring (bicyclic) bond motifs is 1. The molecular formula is C14H16N2O4. The fourth-order valence-electron chi connectivity index (χ4n) is 2.72. The number of nitrogens with zero attached hydrogens (tertiary/aromatic N) is 1. The van der Waals surface area contributed by atoms with E-state index in [4.69, 9.17) is 9.84 Å². The maximum Gasteiger partial charge on any atom is 0.326 e. The minimum atomic E-state index is -0.944. The van der Waals surface area contributed by atoms with Gasteiger partial charge in [-0.2, -0.15) is 0 Å². The Morgan fingerprint density at radius 1 is 1.35 bits per heavy atom. The van der Waals surface area contributed by atoms with Crippen LogP contribution in [0.15, 0.2) is 24.3 Å². The zero-order chi connectivity index (χ0) is 14.1. The normalized spacial score (nSPS) is 24.5. The topological polar surface area (TPSA) is 78.9 Å². The third-order valence-corrected chi connectivity index (χ3v) is 3.73. The Labute approximate surface area is 116 Å². The van der Waals surface area contributed by atoms with Gasteiger partial charge in [0.15, 0.2) is 6.10 Å². The highest BCUT2D eigenvalue weighted by Crippen LogP contribution is 2.29. The van der Waals surface area contributed by atoms with Gasteiger partial charge in [-0.15, -0.1) is 0 Å². The van der Waals surface area contributed by atoms with Crippen molar-refractivity contribution in [1.29, 1.82) is 0 Å². The monoisotopic (exact) mass is 276 g/mol. The SMILES string of the molecule is O=C(O)[C@H]1CCCN1C(=O)C1CNc2ccccc2O1. The second-order valence-corrected chi connectivity index (χ2v) is 5.01. The Bertz CT molecular complexity index is 546. The van der Waals surface area contributed by atoms with E-state index in [1.54, 1.807) is 6.07 Å². The van der Waals surface area contributed by atoms with Crippen LogP contribution in [0.2, 0.25) is 0 Å². The first-order valence-corrected chi connectivity index (χ1v) is 6.69. The van der Waals surface area contributed by atoms with Gasteiger partial charge < -0.3 is 20.1 Å². The van der Waals surface area contributed by atoms with Crippen LogP contribution in [0, 0.1) is 0 Å². The largest absolute Gasteiger partial charge is 0.480 e. The van der Waals surface area contributed by atoms with Gasteiger partial charge in [0.25, 0.3) is 5.91 Å². The number of carboxylic acid groups (broad SMARTS) is 1. The molecule has 0 aliphatic carbocycles. The summed E-state index contributed by atoms with van der Waals surface area (Å²) >= 11 is 0. The molecule has 1 fully saturated rings. The van der Waals surface area contributed by atoms with Crippen LogP contribution < -0.4 is 10.1 Å². The predicted molar refractivity (Wildman–Crippen MR) is 71.7 cm³/mol. The second-order valence-electron chi connectivity index (χ2n) is 5.01. The minimum absolute atomic E-state index is 0.253. The first-order valence-electron chi connectivity index (χ1n) is 6.69. The number of anilines is 1. The van der Waals surface area contributed by atoms with Crippen molar-refractivity contribution in [3.05, 3.63) is 24.3 Å². The van der Waals surface area contributed by atoms with E-state index < -0.39 is 18.1 Å². The van der Waals surface area contributed by atoms with Crippen LogP contribution in [0.5, 0.6) is 5.75 Å². The number of carboxylic acids is 1. The summed E-state index contributed by atoms with van der Waals surface area (Å²) in [5, 5.41) is 12.3. The summed E-state index contributed by atoms with van der Waals surface area (Å²) in [6.07, 6.45) is 0.571. The van der Waals surface area contributed by atoms with Crippen molar-refractivity contribution in [1.82, 2.24) is 4.90 Å². The minimum Gasteiger partial charge on any atom is -0.480 e. The molecule has 20 heavy (non-hydrogen) atoms. The van der Waals surface area contributed by atoms with E-state index in [0.29, 0.717) is 25.3 Å². The number of carbonyl (C=O) groups excluding carboxylic acids is 1. The molecule has 6 nitrogen and oxygen atoms in total. The Hall–Kier alpha value is -2.24. The maximum absolute atomic E-state index is 12.4. The van der Waals surface area contributed by atoms with Gasteiger partial charge in [0.1, 0.15) is 11.8 Å². The molecule has 0 spiro atoms. The lowest BCUT2D eigenvalue weighted by molar-refractivity contribution is -0.151. The zero-order valence-corrected chi connectivity index (χ0v) is 10.9. The summed E-state index contributed by atoms with van der Waals surface area (Å²) in [5.41, 5.74) is 0.854. The molecule has 2 heterocycles. The van der Waals surface area contributed by atoms with Crippen LogP contribution in [0.3, 0.4) is 0 Å². The smallest absolute Gasteiger partial charge is 0.326 e. The van der Waals surface area contributed by atoms with Crippen LogP contribution in [-0.4, -0.2) is 47.1 Å². The molecule has 1 aromatic rings. The summed E-state index contributed by atoms with van der Waals surface area (Å²) in [6.45, 7) is 0.843. The Kier molecular flexibility index (Phi) is 3.22. The van der Waals surface area contributed by atoms with Crippen molar-refractivity contribution in [2.45, 2.75) is 25.0 Å². The number of amides is 1. The number of hydrogen-bond acceptors (Lipinski definition) is 4. The van der Waals surface area contributed by atoms with Gasteiger partial charge in [0, 0.05) is 6.54 Å².